The van der Waals surface area contributed by atoms with E-state index in [4.69, 9.17) is 9.05 Å². The Morgan fingerprint density at radius 3 is 1.24 bits per heavy atom. The van der Waals surface area contributed by atoms with Gasteiger partial charge in [-0.05, 0) is 77.0 Å². The number of amides is 1. The van der Waals surface area contributed by atoms with Crippen molar-refractivity contribution < 1.29 is 32.9 Å². The second kappa shape index (κ2) is 53.3. The number of carbonyl (C=O) groups is 1. The zero-order chi connectivity index (χ0) is 52.7. The van der Waals surface area contributed by atoms with Crippen LogP contribution < -0.4 is 10.2 Å². The van der Waals surface area contributed by atoms with Gasteiger partial charge in [0.15, 0.2) is 0 Å². The predicted octanol–water partition coefficient (Wildman–Crippen LogP) is 17.6. The average molecular weight is 1030 g/mol. The lowest BCUT2D eigenvalue weighted by Crippen LogP contribution is -2.45. The Labute approximate surface area is 445 Å². The molecule has 0 fully saturated rings. The minimum absolute atomic E-state index is 0.00796. The number of phosphoric acid groups is 1. The van der Waals surface area contributed by atoms with Crippen LogP contribution in [0.4, 0.5) is 0 Å². The van der Waals surface area contributed by atoms with Gasteiger partial charge >= 0.3 is 0 Å². The predicted molar refractivity (Wildman–Crippen MR) is 311 cm³/mol. The zero-order valence-corrected chi connectivity index (χ0v) is 48.2. The molecule has 9 heteroatoms. The van der Waals surface area contributed by atoms with E-state index in [2.05, 4.69) is 104 Å². The van der Waals surface area contributed by atoms with Crippen molar-refractivity contribution in [1.82, 2.24) is 5.32 Å². The third kappa shape index (κ3) is 55.2. The molecule has 0 bridgehead atoms. The van der Waals surface area contributed by atoms with Gasteiger partial charge in [0.2, 0.25) is 5.91 Å². The number of aliphatic hydroxyl groups is 1. The van der Waals surface area contributed by atoms with Crippen LogP contribution in [0.2, 0.25) is 0 Å². The van der Waals surface area contributed by atoms with E-state index in [0.29, 0.717) is 17.4 Å². The van der Waals surface area contributed by atoms with E-state index in [1.807, 2.05) is 27.2 Å². The van der Waals surface area contributed by atoms with Crippen molar-refractivity contribution in [3.8, 4) is 0 Å². The lowest BCUT2D eigenvalue weighted by molar-refractivity contribution is -0.870. The van der Waals surface area contributed by atoms with E-state index in [1.165, 1.54) is 128 Å². The quantitative estimate of drug-likeness (QED) is 0.0272. The molecule has 1 amide bonds. The third-order valence-electron chi connectivity index (χ3n) is 12.8. The highest BCUT2D eigenvalue weighted by Gasteiger charge is 2.23. The Kier molecular flexibility index (Phi) is 51.3. The molecule has 3 atom stereocenters. The Balaban J connectivity index is 4.26. The van der Waals surface area contributed by atoms with Crippen molar-refractivity contribution in [3.63, 3.8) is 0 Å². The van der Waals surface area contributed by atoms with E-state index in [-0.39, 0.29) is 19.1 Å². The molecule has 0 aliphatic heterocycles. The van der Waals surface area contributed by atoms with Crippen LogP contribution in [0.15, 0.2) is 97.2 Å². The zero-order valence-electron chi connectivity index (χ0n) is 47.4. The number of phosphoric ester groups is 1. The molecule has 0 rings (SSSR count). The van der Waals surface area contributed by atoms with E-state index >= 15 is 0 Å². The molecular formula is C63H113N2O6P. The van der Waals surface area contributed by atoms with E-state index in [0.717, 1.165) is 96.3 Å². The van der Waals surface area contributed by atoms with Gasteiger partial charge in [0.25, 0.3) is 7.82 Å². The molecule has 0 aromatic heterocycles. The Morgan fingerprint density at radius 2 is 0.847 bits per heavy atom. The lowest BCUT2D eigenvalue weighted by Gasteiger charge is -2.29. The van der Waals surface area contributed by atoms with Crippen LogP contribution in [0.3, 0.4) is 0 Å². The second-order valence-corrected chi connectivity index (χ2v) is 22.4. The van der Waals surface area contributed by atoms with Crippen LogP contribution in [0.25, 0.3) is 0 Å². The Hall–Kier alpha value is -2.58. The number of hydrogen-bond donors (Lipinski definition) is 2. The summed E-state index contributed by atoms with van der Waals surface area (Å²) in [7, 11) is 1.24. The number of rotatable bonds is 53. The highest BCUT2D eigenvalue weighted by Crippen LogP contribution is 2.38. The molecule has 72 heavy (non-hydrogen) atoms. The van der Waals surface area contributed by atoms with Gasteiger partial charge in [-0.3, -0.25) is 9.36 Å². The smallest absolute Gasteiger partial charge is 0.268 e. The van der Waals surface area contributed by atoms with Gasteiger partial charge in [-0.1, -0.05) is 259 Å². The molecule has 0 aliphatic carbocycles. The van der Waals surface area contributed by atoms with Gasteiger partial charge in [0, 0.05) is 6.42 Å². The number of nitrogens with one attached hydrogen (secondary N) is 1. The number of nitrogens with zero attached hydrogens (tertiary/aromatic N) is 1. The highest BCUT2D eigenvalue weighted by molar-refractivity contribution is 7.45. The average Bonchev–Trinajstić information content (AvgIpc) is 3.34. The van der Waals surface area contributed by atoms with Crippen molar-refractivity contribution in [2.45, 2.75) is 257 Å². The van der Waals surface area contributed by atoms with Gasteiger partial charge in [0.05, 0.1) is 39.9 Å². The molecule has 416 valence electrons. The maximum absolute atomic E-state index is 13.0. The number of hydrogen-bond acceptors (Lipinski definition) is 6. The van der Waals surface area contributed by atoms with E-state index < -0.39 is 20.0 Å². The maximum atomic E-state index is 13.0. The molecule has 8 nitrogen and oxygen atoms in total. The standard InChI is InChI=1S/C63H113N2O6P/c1-6-8-10-12-14-16-18-20-22-24-26-28-29-30-31-32-33-34-35-37-39-41-43-45-47-49-51-53-55-57-63(67)64-61(60-71-72(68,69)70-59-58-65(3,4)5)62(66)56-54-52-50-48-46-44-42-40-38-36-27-25-23-21-19-17-15-13-11-9-7-2/h8,10,14,16,20,22,26,28,30-31,33-34,37,39,54,56,61-62,66H,6-7,9,11-13,15,17-19,21,23-25,27,29,32,35-36,38,40-53,55,57-60H2,1-5H3,(H-,64,67,68,69)/b10-8-,16-14-,22-20-,28-26-,31-30-,34-33-,39-37-,56-54+. The first-order chi connectivity index (χ1) is 35.0. The van der Waals surface area contributed by atoms with Crippen LogP contribution in [-0.2, 0) is 18.4 Å². The molecule has 0 saturated heterocycles. The number of carbonyl (C=O) groups excluding carboxylic acids is 1. The van der Waals surface area contributed by atoms with Gasteiger partial charge in [-0.25, -0.2) is 0 Å². The number of quaternary nitrogens is 1. The molecule has 0 aliphatic rings. The van der Waals surface area contributed by atoms with Crippen LogP contribution in [0.1, 0.15) is 245 Å². The first-order valence-electron chi connectivity index (χ1n) is 29.6. The van der Waals surface area contributed by atoms with Gasteiger partial charge in [-0.15, -0.1) is 0 Å². The molecule has 0 heterocycles. The topological polar surface area (TPSA) is 108 Å². The van der Waals surface area contributed by atoms with Gasteiger partial charge in [0.1, 0.15) is 13.2 Å². The van der Waals surface area contributed by atoms with Crippen LogP contribution in [0.5, 0.6) is 0 Å². The summed E-state index contributed by atoms with van der Waals surface area (Å²) < 4.78 is 23.4. The first kappa shape index (κ1) is 69.4. The maximum Gasteiger partial charge on any atom is 0.268 e. The van der Waals surface area contributed by atoms with Crippen LogP contribution in [-0.4, -0.2) is 68.5 Å². The Bertz CT molecular complexity index is 1490. The highest BCUT2D eigenvalue weighted by atomic mass is 31.2. The molecule has 0 radical (unpaired) electrons. The van der Waals surface area contributed by atoms with Crippen molar-refractivity contribution >= 4 is 13.7 Å². The van der Waals surface area contributed by atoms with E-state index in [9.17, 15) is 19.4 Å². The van der Waals surface area contributed by atoms with E-state index in [1.54, 1.807) is 6.08 Å². The van der Waals surface area contributed by atoms with Gasteiger partial charge < -0.3 is 28.8 Å². The lowest BCUT2D eigenvalue weighted by atomic mass is 10.0. The SMILES string of the molecule is CC/C=C\C/C=C\C/C=C\C/C=C\C/C=C\C/C=C\C/C=C\CCCCCCCCCC(=O)NC(COP(=O)([O-])OCC[N+](C)(C)C)C(O)/C=C/CCCCCCCCCCCCCCCCCCCCC. The second-order valence-electron chi connectivity index (χ2n) is 21.0. The fourth-order valence-electron chi connectivity index (χ4n) is 8.19. The van der Waals surface area contributed by atoms with Crippen molar-refractivity contribution in [1.29, 1.82) is 0 Å². The molecule has 0 aromatic carbocycles. The summed E-state index contributed by atoms with van der Waals surface area (Å²) in [6.45, 7) is 4.54. The summed E-state index contributed by atoms with van der Waals surface area (Å²) in [5.41, 5.74) is 0. The Morgan fingerprint density at radius 1 is 0.500 bits per heavy atom. The summed E-state index contributed by atoms with van der Waals surface area (Å²) in [6, 6.07) is -0.900. The molecule has 0 saturated carbocycles. The fourth-order valence-corrected chi connectivity index (χ4v) is 8.92. The van der Waals surface area contributed by atoms with Crippen molar-refractivity contribution in [2.75, 3.05) is 40.9 Å². The normalized spacial score (nSPS) is 14.6. The van der Waals surface area contributed by atoms with Crippen LogP contribution >= 0.6 is 7.82 Å². The number of unbranched alkanes of at least 4 members (excludes halogenated alkanes) is 26. The summed E-state index contributed by atoms with van der Waals surface area (Å²) in [5, 5.41) is 13.9. The number of likely N-dealkylation sites (N-methyl/N-ethyl adjacent to an activating group) is 1. The minimum atomic E-state index is -4.61. The first-order valence-corrected chi connectivity index (χ1v) is 31.1. The van der Waals surface area contributed by atoms with Crippen molar-refractivity contribution in [3.05, 3.63) is 97.2 Å². The minimum Gasteiger partial charge on any atom is -0.756 e. The van der Waals surface area contributed by atoms with Gasteiger partial charge in [-0.2, -0.15) is 0 Å². The van der Waals surface area contributed by atoms with Crippen molar-refractivity contribution in [2.24, 2.45) is 0 Å². The summed E-state index contributed by atoms with van der Waals surface area (Å²) in [4.78, 5) is 25.5. The summed E-state index contributed by atoms with van der Waals surface area (Å²) >= 11 is 0. The number of allylic oxidation sites excluding steroid dienone is 15. The number of aliphatic hydroxyl groups excluding tert-OH is 1. The summed E-state index contributed by atoms with van der Waals surface area (Å²) in [6.07, 6.45) is 76.2. The molecule has 0 spiro atoms. The molecular weight excluding hydrogens is 912 g/mol. The third-order valence-corrected chi connectivity index (χ3v) is 13.8. The summed E-state index contributed by atoms with van der Waals surface area (Å²) in [5.74, 6) is -0.211. The fraction of sp³-hybridized carbons (Fsp3) is 0.730. The molecule has 2 N–H and O–H groups in total. The molecule has 3 unspecified atom stereocenters. The molecule has 0 aromatic rings. The largest absolute Gasteiger partial charge is 0.756 e. The monoisotopic (exact) mass is 1020 g/mol. The van der Waals surface area contributed by atoms with Crippen LogP contribution in [0, 0.1) is 0 Å².